The van der Waals surface area contributed by atoms with Crippen LogP contribution in [0.3, 0.4) is 0 Å². The molecule has 0 saturated carbocycles. The van der Waals surface area contributed by atoms with Crippen molar-refractivity contribution in [1.29, 1.82) is 0 Å². The molecule has 25 heavy (non-hydrogen) atoms. The van der Waals surface area contributed by atoms with E-state index < -0.39 is 0 Å². The van der Waals surface area contributed by atoms with Crippen LogP contribution >= 0.6 is 0 Å². The highest BCUT2D eigenvalue weighted by molar-refractivity contribution is 5.83. The maximum atomic E-state index is 12.9. The predicted molar refractivity (Wildman–Crippen MR) is 93.9 cm³/mol. The van der Waals surface area contributed by atoms with Gasteiger partial charge in [-0.05, 0) is 17.7 Å². The average molecular weight is 336 g/mol. The van der Waals surface area contributed by atoms with Gasteiger partial charge in [-0.25, -0.2) is 4.98 Å². The van der Waals surface area contributed by atoms with Crippen molar-refractivity contribution in [3.63, 3.8) is 0 Å². The van der Waals surface area contributed by atoms with Crippen LogP contribution in [0.5, 0.6) is 0 Å². The van der Waals surface area contributed by atoms with Gasteiger partial charge in [-0.2, -0.15) is 0 Å². The smallest absolute Gasteiger partial charge is 0.227 e. The first-order chi connectivity index (χ1) is 12.2. The summed E-state index contributed by atoms with van der Waals surface area (Å²) in [4.78, 5) is 26.7. The van der Waals surface area contributed by atoms with E-state index in [9.17, 15) is 4.79 Å². The normalized spacial score (nSPS) is 20.3. The zero-order chi connectivity index (χ0) is 17.2. The number of carbonyl (C=O) groups is 1. The van der Waals surface area contributed by atoms with Crippen LogP contribution < -0.4 is 0 Å². The number of nitrogens with one attached hydrogen (secondary N) is 1. The molecule has 1 aliphatic rings. The van der Waals surface area contributed by atoms with Gasteiger partial charge in [-0.15, -0.1) is 0 Å². The predicted octanol–water partition coefficient (Wildman–Crippen LogP) is 2.49. The maximum Gasteiger partial charge on any atom is 0.227 e. The van der Waals surface area contributed by atoms with E-state index in [2.05, 4.69) is 15.0 Å². The minimum absolute atomic E-state index is 0.0359. The topological polar surface area (TPSA) is 71.1 Å². The highest BCUT2D eigenvalue weighted by atomic mass is 16.5. The molecule has 6 heteroatoms. The Morgan fingerprint density at radius 3 is 3.04 bits per heavy atom. The molecule has 1 amide bonds. The Balaban J connectivity index is 1.55. The molecule has 1 N–H and O–H groups in total. The van der Waals surface area contributed by atoms with Gasteiger partial charge in [0.2, 0.25) is 5.91 Å². The first-order valence-corrected chi connectivity index (χ1v) is 8.40. The number of aromatic nitrogens is 3. The lowest BCUT2D eigenvalue weighted by molar-refractivity contribution is -0.131. The van der Waals surface area contributed by atoms with Gasteiger partial charge in [0, 0.05) is 44.1 Å². The SMILES string of the molecule is CO[C@@H]1CC(c2ncc[nH]2)N(C(=O)Cc2cnc3ccccc3c2)C1. The van der Waals surface area contributed by atoms with Crippen molar-refractivity contribution in [2.24, 2.45) is 0 Å². The molecule has 1 saturated heterocycles. The molecule has 0 aliphatic carbocycles. The van der Waals surface area contributed by atoms with E-state index in [4.69, 9.17) is 4.74 Å². The van der Waals surface area contributed by atoms with Crippen molar-refractivity contribution < 1.29 is 9.53 Å². The van der Waals surface area contributed by atoms with Crippen LogP contribution in [0.15, 0.2) is 48.9 Å². The van der Waals surface area contributed by atoms with Crippen LogP contribution in [0.25, 0.3) is 10.9 Å². The fraction of sp³-hybridized carbons (Fsp3) is 0.316. The van der Waals surface area contributed by atoms with Crippen LogP contribution in [0.4, 0.5) is 0 Å². The number of hydrogen-bond donors (Lipinski definition) is 1. The minimum atomic E-state index is -0.0686. The molecule has 3 aromatic rings. The van der Waals surface area contributed by atoms with Crippen molar-refractivity contribution >= 4 is 16.8 Å². The number of methoxy groups -OCH3 is 1. The number of hydrogen-bond acceptors (Lipinski definition) is 4. The molecule has 1 aromatic carbocycles. The first kappa shape index (κ1) is 15.8. The fourth-order valence-electron chi connectivity index (χ4n) is 3.45. The van der Waals surface area contributed by atoms with Gasteiger partial charge < -0.3 is 14.6 Å². The van der Waals surface area contributed by atoms with Crippen LogP contribution in [0.1, 0.15) is 23.9 Å². The number of imidazole rings is 1. The van der Waals surface area contributed by atoms with E-state index in [0.717, 1.165) is 28.7 Å². The number of amides is 1. The van der Waals surface area contributed by atoms with Crippen molar-refractivity contribution in [2.75, 3.05) is 13.7 Å². The summed E-state index contributed by atoms with van der Waals surface area (Å²) >= 11 is 0. The van der Waals surface area contributed by atoms with E-state index in [1.165, 1.54) is 0 Å². The molecule has 0 radical (unpaired) electrons. The van der Waals surface area contributed by atoms with Gasteiger partial charge in [0.1, 0.15) is 5.82 Å². The molecule has 6 nitrogen and oxygen atoms in total. The number of carbonyl (C=O) groups excluding carboxylic acids is 1. The van der Waals surface area contributed by atoms with E-state index >= 15 is 0 Å². The second-order valence-corrected chi connectivity index (χ2v) is 6.34. The van der Waals surface area contributed by atoms with Gasteiger partial charge in [-0.3, -0.25) is 9.78 Å². The number of benzene rings is 1. The Morgan fingerprint density at radius 2 is 2.24 bits per heavy atom. The van der Waals surface area contributed by atoms with E-state index in [-0.39, 0.29) is 18.1 Å². The fourth-order valence-corrected chi connectivity index (χ4v) is 3.45. The second-order valence-electron chi connectivity index (χ2n) is 6.34. The molecular weight excluding hydrogens is 316 g/mol. The number of likely N-dealkylation sites (tertiary alicyclic amines) is 1. The zero-order valence-corrected chi connectivity index (χ0v) is 14.1. The molecule has 1 aliphatic heterocycles. The summed E-state index contributed by atoms with van der Waals surface area (Å²) in [6.07, 6.45) is 6.40. The van der Waals surface area contributed by atoms with Crippen molar-refractivity contribution in [2.45, 2.75) is 25.0 Å². The Hall–Kier alpha value is -2.73. The van der Waals surface area contributed by atoms with E-state index in [1.54, 1.807) is 25.7 Å². The van der Waals surface area contributed by atoms with Crippen molar-refractivity contribution in [3.05, 3.63) is 60.3 Å². The first-order valence-electron chi connectivity index (χ1n) is 8.40. The molecule has 0 bridgehead atoms. The largest absolute Gasteiger partial charge is 0.380 e. The lowest BCUT2D eigenvalue weighted by Crippen LogP contribution is -2.33. The quantitative estimate of drug-likeness (QED) is 0.794. The van der Waals surface area contributed by atoms with Crippen LogP contribution in [-0.2, 0) is 16.0 Å². The highest BCUT2D eigenvalue weighted by Gasteiger charge is 2.37. The summed E-state index contributed by atoms with van der Waals surface area (Å²) in [7, 11) is 1.69. The number of aromatic amines is 1. The molecule has 1 unspecified atom stereocenters. The highest BCUT2D eigenvalue weighted by Crippen LogP contribution is 2.32. The van der Waals surface area contributed by atoms with Gasteiger partial charge in [0.25, 0.3) is 0 Å². The van der Waals surface area contributed by atoms with E-state index in [1.807, 2.05) is 35.2 Å². The third kappa shape index (κ3) is 3.13. The van der Waals surface area contributed by atoms with Crippen molar-refractivity contribution in [3.8, 4) is 0 Å². The Bertz CT molecular complexity index is 878. The molecule has 2 atom stereocenters. The van der Waals surface area contributed by atoms with Crippen molar-refractivity contribution in [1.82, 2.24) is 19.9 Å². The summed E-state index contributed by atoms with van der Waals surface area (Å²) in [5.41, 5.74) is 1.86. The van der Waals surface area contributed by atoms with Gasteiger partial charge in [0.15, 0.2) is 0 Å². The summed E-state index contributed by atoms with van der Waals surface area (Å²) < 4.78 is 5.48. The van der Waals surface area contributed by atoms with Gasteiger partial charge in [-0.1, -0.05) is 18.2 Å². The number of fused-ring (bicyclic) bond motifs is 1. The van der Waals surface area contributed by atoms with Crippen LogP contribution in [0.2, 0.25) is 0 Å². The molecule has 0 spiro atoms. The molecule has 4 rings (SSSR count). The molecule has 128 valence electrons. The second kappa shape index (κ2) is 6.64. The lowest BCUT2D eigenvalue weighted by Gasteiger charge is -2.23. The Labute approximate surface area is 145 Å². The van der Waals surface area contributed by atoms with Crippen LogP contribution in [0, 0.1) is 0 Å². The number of nitrogens with zero attached hydrogens (tertiary/aromatic N) is 3. The molecular formula is C19H20N4O2. The van der Waals surface area contributed by atoms with E-state index in [0.29, 0.717) is 13.0 Å². The average Bonchev–Trinajstić information content (AvgIpc) is 3.30. The Kier molecular flexibility index (Phi) is 4.19. The minimum Gasteiger partial charge on any atom is -0.380 e. The van der Waals surface area contributed by atoms with Crippen LogP contribution in [-0.4, -0.2) is 45.5 Å². The molecule has 3 heterocycles. The lowest BCUT2D eigenvalue weighted by atomic mass is 10.1. The molecule has 2 aromatic heterocycles. The third-order valence-corrected chi connectivity index (χ3v) is 4.75. The number of ether oxygens (including phenoxy) is 1. The maximum absolute atomic E-state index is 12.9. The zero-order valence-electron chi connectivity index (χ0n) is 14.1. The number of pyridine rings is 1. The van der Waals surface area contributed by atoms with Gasteiger partial charge >= 0.3 is 0 Å². The summed E-state index contributed by atoms with van der Waals surface area (Å²) in [5.74, 6) is 0.877. The number of rotatable bonds is 4. The Morgan fingerprint density at radius 1 is 1.36 bits per heavy atom. The summed E-state index contributed by atoms with van der Waals surface area (Å²) in [6.45, 7) is 0.585. The summed E-state index contributed by atoms with van der Waals surface area (Å²) in [6, 6.07) is 9.89. The number of H-pyrrole nitrogens is 1. The summed E-state index contributed by atoms with van der Waals surface area (Å²) in [5, 5.41) is 1.05. The monoisotopic (exact) mass is 336 g/mol. The van der Waals surface area contributed by atoms with Gasteiger partial charge in [0.05, 0.1) is 24.1 Å². The number of para-hydroxylation sites is 1. The third-order valence-electron chi connectivity index (χ3n) is 4.75. The molecule has 1 fully saturated rings. The standard InChI is InChI=1S/C19H20N4O2/c1-25-15-10-17(19-20-6-7-21-19)23(12-15)18(24)9-13-8-14-4-2-3-5-16(14)22-11-13/h2-8,11,15,17H,9-10,12H2,1H3,(H,20,21)/t15-,17?/m1/s1.